The van der Waals surface area contributed by atoms with Crippen LogP contribution >= 0.6 is 23.2 Å². The van der Waals surface area contributed by atoms with Crippen molar-refractivity contribution in [1.82, 2.24) is 0 Å². The van der Waals surface area contributed by atoms with Crippen LogP contribution in [0.4, 0.5) is 4.39 Å². The van der Waals surface area contributed by atoms with Crippen molar-refractivity contribution in [2.75, 3.05) is 0 Å². The molecule has 0 aliphatic carbocycles. The van der Waals surface area contributed by atoms with Crippen LogP contribution < -0.4 is 4.74 Å². The number of aliphatic hydroxyl groups excluding tert-OH is 1. The highest BCUT2D eigenvalue weighted by Crippen LogP contribution is 2.30. The van der Waals surface area contributed by atoms with Crippen molar-refractivity contribution in [3.63, 3.8) is 0 Å². The Morgan fingerprint density at radius 3 is 2.56 bits per heavy atom. The fourth-order valence-corrected chi connectivity index (χ4v) is 1.75. The summed E-state index contributed by atoms with van der Waals surface area (Å²) in [4.78, 5) is 0. The Morgan fingerprint density at radius 2 is 1.89 bits per heavy atom. The van der Waals surface area contributed by atoms with Crippen LogP contribution in [-0.2, 0) is 6.61 Å². The van der Waals surface area contributed by atoms with E-state index < -0.39 is 5.82 Å². The first-order valence-electron chi connectivity index (χ1n) is 5.12. The molecule has 2 aromatic rings. The second-order valence-electron chi connectivity index (χ2n) is 3.59. The summed E-state index contributed by atoms with van der Waals surface area (Å²) in [6.45, 7) is -0.179. The maximum absolute atomic E-state index is 13.0. The Morgan fingerprint density at radius 1 is 1.11 bits per heavy atom. The normalized spacial score (nSPS) is 10.4. The van der Waals surface area contributed by atoms with Gasteiger partial charge in [0.25, 0.3) is 0 Å². The molecule has 0 unspecified atom stereocenters. The van der Waals surface area contributed by atoms with E-state index in [1.165, 1.54) is 18.2 Å². The summed E-state index contributed by atoms with van der Waals surface area (Å²) >= 11 is 11.5. The quantitative estimate of drug-likeness (QED) is 0.905. The molecule has 1 N–H and O–H groups in total. The van der Waals surface area contributed by atoms with E-state index in [9.17, 15) is 9.50 Å². The van der Waals surface area contributed by atoms with Crippen molar-refractivity contribution in [2.24, 2.45) is 0 Å². The van der Waals surface area contributed by atoms with Gasteiger partial charge in [-0.3, -0.25) is 0 Å². The molecule has 0 saturated carbocycles. The third kappa shape index (κ3) is 2.93. The molecule has 5 heteroatoms. The predicted octanol–water partition coefficient (Wildman–Crippen LogP) is 4.42. The van der Waals surface area contributed by atoms with Crippen molar-refractivity contribution >= 4 is 23.2 Å². The molecule has 0 bridgehead atoms. The van der Waals surface area contributed by atoms with Crippen molar-refractivity contribution in [3.05, 3.63) is 57.8 Å². The SMILES string of the molecule is OCc1ccc(Cl)cc1Oc1ccc(F)c(Cl)c1. The van der Waals surface area contributed by atoms with E-state index in [0.717, 1.165) is 0 Å². The van der Waals surface area contributed by atoms with Crippen LogP contribution in [0.3, 0.4) is 0 Å². The largest absolute Gasteiger partial charge is 0.457 e. The van der Waals surface area contributed by atoms with Crippen LogP contribution in [0, 0.1) is 5.82 Å². The van der Waals surface area contributed by atoms with Crippen LogP contribution in [0.5, 0.6) is 11.5 Å². The molecule has 0 amide bonds. The predicted molar refractivity (Wildman–Crippen MR) is 68.9 cm³/mol. The monoisotopic (exact) mass is 286 g/mol. The van der Waals surface area contributed by atoms with Crippen molar-refractivity contribution in [1.29, 1.82) is 0 Å². The average Bonchev–Trinajstić information content (AvgIpc) is 2.34. The zero-order valence-corrected chi connectivity index (χ0v) is 10.7. The van der Waals surface area contributed by atoms with Gasteiger partial charge < -0.3 is 9.84 Å². The van der Waals surface area contributed by atoms with Crippen molar-refractivity contribution in [2.45, 2.75) is 6.61 Å². The minimum Gasteiger partial charge on any atom is -0.457 e. The molecule has 0 saturated heterocycles. The summed E-state index contributed by atoms with van der Waals surface area (Å²) in [7, 11) is 0. The van der Waals surface area contributed by atoms with Gasteiger partial charge in [0.15, 0.2) is 0 Å². The first-order valence-corrected chi connectivity index (χ1v) is 5.88. The molecule has 0 fully saturated rings. The summed E-state index contributed by atoms with van der Waals surface area (Å²) in [5.74, 6) is 0.267. The minimum absolute atomic E-state index is 0.0277. The van der Waals surface area contributed by atoms with E-state index in [4.69, 9.17) is 27.9 Å². The molecule has 0 atom stereocenters. The lowest BCUT2D eigenvalue weighted by molar-refractivity contribution is 0.276. The molecular weight excluding hydrogens is 278 g/mol. The second-order valence-corrected chi connectivity index (χ2v) is 4.43. The molecule has 2 aromatic carbocycles. The molecule has 0 radical (unpaired) electrons. The molecule has 0 spiro atoms. The summed E-state index contributed by atoms with van der Waals surface area (Å²) in [6.07, 6.45) is 0. The molecular formula is C13H9Cl2FO2. The summed E-state index contributed by atoms with van der Waals surface area (Å²) in [5, 5.41) is 9.63. The fraction of sp³-hybridized carbons (Fsp3) is 0.0769. The Bertz CT molecular complexity index is 573. The number of halogens is 3. The number of hydrogen-bond acceptors (Lipinski definition) is 2. The molecule has 18 heavy (non-hydrogen) atoms. The highest BCUT2D eigenvalue weighted by molar-refractivity contribution is 6.31. The Hall–Kier alpha value is -1.29. The molecule has 0 aliphatic heterocycles. The third-order valence-corrected chi connectivity index (χ3v) is 2.84. The van der Waals surface area contributed by atoms with Gasteiger partial charge >= 0.3 is 0 Å². The lowest BCUT2D eigenvalue weighted by atomic mass is 10.2. The number of aliphatic hydroxyl groups is 1. The topological polar surface area (TPSA) is 29.5 Å². The Balaban J connectivity index is 2.33. The van der Waals surface area contributed by atoms with Gasteiger partial charge in [0, 0.05) is 16.7 Å². The average molecular weight is 287 g/mol. The maximum atomic E-state index is 13.0. The fourth-order valence-electron chi connectivity index (χ4n) is 1.42. The van der Waals surface area contributed by atoms with E-state index in [1.807, 2.05) is 0 Å². The molecule has 0 aliphatic rings. The van der Waals surface area contributed by atoms with Gasteiger partial charge in [-0.2, -0.15) is 0 Å². The second kappa shape index (κ2) is 5.57. The first-order chi connectivity index (χ1) is 8.60. The van der Waals surface area contributed by atoms with Crippen LogP contribution in [0.15, 0.2) is 36.4 Å². The van der Waals surface area contributed by atoms with Gasteiger partial charge in [-0.25, -0.2) is 4.39 Å². The smallest absolute Gasteiger partial charge is 0.142 e. The van der Waals surface area contributed by atoms with Crippen molar-refractivity contribution < 1.29 is 14.2 Å². The van der Waals surface area contributed by atoms with E-state index in [-0.39, 0.29) is 11.6 Å². The summed E-state index contributed by atoms with van der Waals surface area (Å²) in [6, 6.07) is 8.90. The number of benzene rings is 2. The highest BCUT2D eigenvalue weighted by atomic mass is 35.5. The standard InChI is InChI=1S/C13H9Cl2FO2/c14-9-2-1-8(7-17)13(5-9)18-10-3-4-12(16)11(15)6-10/h1-6,17H,7H2. The minimum atomic E-state index is -0.516. The van der Waals surface area contributed by atoms with Crippen molar-refractivity contribution in [3.8, 4) is 11.5 Å². The number of ether oxygens (including phenoxy) is 1. The van der Waals surface area contributed by atoms with Gasteiger partial charge in [0.2, 0.25) is 0 Å². The Kier molecular flexibility index (Phi) is 4.07. The zero-order chi connectivity index (χ0) is 13.1. The van der Waals surface area contributed by atoms with Gasteiger partial charge in [-0.05, 0) is 24.3 Å². The maximum Gasteiger partial charge on any atom is 0.142 e. The van der Waals surface area contributed by atoms with E-state index in [0.29, 0.717) is 22.1 Å². The molecule has 2 nitrogen and oxygen atoms in total. The summed E-state index contributed by atoms with van der Waals surface area (Å²) in [5.41, 5.74) is 0.583. The Labute approximate surface area is 114 Å². The molecule has 2 rings (SSSR count). The van der Waals surface area contributed by atoms with E-state index in [1.54, 1.807) is 18.2 Å². The number of rotatable bonds is 3. The van der Waals surface area contributed by atoms with E-state index >= 15 is 0 Å². The molecule has 0 aromatic heterocycles. The lowest BCUT2D eigenvalue weighted by Gasteiger charge is -2.10. The molecule has 0 heterocycles. The number of hydrogen-bond donors (Lipinski definition) is 1. The molecule has 94 valence electrons. The zero-order valence-electron chi connectivity index (χ0n) is 9.16. The highest BCUT2D eigenvalue weighted by Gasteiger charge is 2.07. The third-order valence-electron chi connectivity index (χ3n) is 2.32. The van der Waals surface area contributed by atoms with Crippen LogP contribution in [-0.4, -0.2) is 5.11 Å². The van der Waals surface area contributed by atoms with Crippen LogP contribution in [0.2, 0.25) is 10.0 Å². The summed E-state index contributed by atoms with van der Waals surface area (Å²) < 4.78 is 18.5. The van der Waals surface area contributed by atoms with Gasteiger partial charge in [0.05, 0.1) is 11.6 Å². The lowest BCUT2D eigenvalue weighted by Crippen LogP contribution is -1.92. The van der Waals surface area contributed by atoms with Gasteiger partial charge in [-0.15, -0.1) is 0 Å². The van der Waals surface area contributed by atoms with Gasteiger partial charge in [-0.1, -0.05) is 29.3 Å². The van der Waals surface area contributed by atoms with Crippen LogP contribution in [0.25, 0.3) is 0 Å². The first kappa shape index (κ1) is 13.1. The van der Waals surface area contributed by atoms with E-state index in [2.05, 4.69) is 0 Å². The van der Waals surface area contributed by atoms with Crippen LogP contribution in [0.1, 0.15) is 5.56 Å². The van der Waals surface area contributed by atoms with Gasteiger partial charge in [0.1, 0.15) is 17.3 Å².